The first-order chi connectivity index (χ1) is 17.1. The van der Waals surface area contributed by atoms with Gasteiger partial charge >= 0.3 is 5.97 Å². The molecular formula is C31H39NO4. The molecule has 3 rings (SSSR count). The van der Waals surface area contributed by atoms with Crippen LogP contribution in [0.1, 0.15) is 68.4 Å². The van der Waals surface area contributed by atoms with Crippen LogP contribution in [0, 0.1) is 5.92 Å². The summed E-state index contributed by atoms with van der Waals surface area (Å²) in [6, 6.07) is 26.1. The number of aliphatic hydroxyl groups is 2. The SMILES string of the molecule is CC(C)(C)c1ccc(C(O)CCCNCCC(C(=O)O)C(O)(c2ccccc2)c2ccccc2)cc1. The largest absolute Gasteiger partial charge is 0.481 e. The van der Waals surface area contributed by atoms with Crippen molar-refractivity contribution in [1.82, 2.24) is 5.32 Å². The number of hydrogen-bond donors (Lipinski definition) is 4. The highest BCUT2D eigenvalue weighted by Crippen LogP contribution is 2.38. The monoisotopic (exact) mass is 489 g/mol. The topological polar surface area (TPSA) is 89.8 Å². The zero-order chi connectivity index (χ0) is 26.2. The lowest BCUT2D eigenvalue weighted by atomic mass is 9.74. The third-order valence-electron chi connectivity index (χ3n) is 6.83. The van der Waals surface area contributed by atoms with E-state index in [1.165, 1.54) is 5.56 Å². The summed E-state index contributed by atoms with van der Waals surface area (Å²) in [5.74, 6) is -2.07. The Morgan fingerprint density at radius 3 is 1.78 bits per heavy atom. The molecular weight excluding hydrogens is 450 g/mol. The first-order valence-corrected chi connectivity index (χ1v) is 12.7. The maximum atomic E-state index is 12.3. The van der Waals surface area contributed by atoms with Crippen molar-refractivity contribution in [2.24, 2.45) is 5.92 Å². The fraction of sp³-hybridized carbons (Fsp3) is 0.387. The van der Waals surface area contributed by atoms with Gasteiger partial charge < -0.3 is 20.6 Å². The third kappa shape index (κ3) is 6.82. The van der Waals surface area contributed by atoms with Gasteiger partial charge in [0, 0.05) is 0 Å². The van der Waals surface area contributed by atoms with Gasteiger partial charge in [-0.3, -0.25) is 4.79 Å². The molecule has 0 saturated heterocycles. The quantitative estimate of drug-likeness (QED) is 0.255. The molecule has 0 aliphatic carbocycles. The second kappa shape index (κ2) is 12.3. The molecule has 2 unspecified atom stereocenters. The molecule has 0 bridgehead atoms. The fourth-order valence-electron chi connectivity index (χ4n) is 4.63. The van der Waals surface area contributed by atoms with Crippen LogP contribution in [-0.4, -0.2) is 34.4 Å². The molecule has 0 heterocycles. The average molecular weight is 490 g/mol. The van der Waals surface area contributed by atoms with Crippen molar-refractivity contribution in [2.75, 3.05) is 13.1 Å². The van der Waals surface area contributed by atoms with Crippen molar-refractivity contribution in [2.45, 2.75) is 57.2 Å². The van der Waals surface area contributed by atoms with Gasteiger partial charge in [0.25, 0.3) is 0 Å². The average Bonchev–Trinajstić information content (AvgIpc) is 2.88. The molecule has 3 aromatic rings. The van der Waals surface area contributed by atoms with E-state index in [4.69, 9.17) is 0 Å². The Bertz CT molecular complexity index is 1040. The maximum Gasteiger partial charge on any atom is 0.310 e. The molecule has 5 nitrogen and oxygen atoms in total. The minimum absolute atomic E-state index is 0.0778. The van der Waals surface area contributed by atoms with Gasteiger partial charge in [0.2, 0.25) is 0 Å². The van der Waals surface area contributed by atoms with Crippen LogP contribution in [0.2, 0.25) is 0 Å². The zero-order valence-corrected chi connectivity index (χ0v) is 21.5. The first-order valence-electron chi connectivity index (χ1n) is 12.7. The van der Waals surface area contributed by atoms with E-state index in [9.17, 15) is 20.1 Å². The van der Waals surface area contributed by atoms with Gasteiger partial charge in [-0.25, -0.2) is 0 Å². The van der Waals surface area contributed by atoms with Gasteiger partial charge in [-0.1, -0.05) is 106 Å². The van der Waals surface area contributed by atoms with Crippen LogP contribution in [0.4, 0.5) is 0 Å². The normalized spacial score (nSPS) is 13.8. The Morgan fingerprint density at radius 2 is 1.31 bits per heavy atom. The number of carboxylic acids is 1. The molecule has 2 atom stereocenters. The molecule has 0 fully saturated rings. The molecule has 0 aromatic heterocycles. The first kappa shape index (κ1) is 27.6. The van der Waals surface area contributed by atoms with Gasteiger partial charge in [0.05, 0.1) is 12.0 Å². The van der Waals surface area contributed by atoms with E-state index in [1.807, 2.05) is 48.5 Å². The van der Waals surface area contributed by atoms with Gasteiger partial charge in [-0.2, -0.15) is 0 Å². The van der Waals surface area contributed by atoms with Crippen LogP contribution in [0.15, 0.2) is 84.9 Å². The highest BCUT2D eigenvalue weighted by atomic mass is 16.4. The summed E-state index contributed by atoms with van der Waals surface area (Å²) >= 11 is 0. The highest BCUT2D eigenvalue weighted by molar-refractivity contribution is 5.73. The molecule has 5 heteroatoms. The summed E-state index contributed by atoms with van der Waals surface area (Å²) in [6.45, 7) is 7.59. The van der Waals surface area contributed by atoms with Crippen molar-refractivity contribution < 1.29 is 20.1 Å². The molecule has 4 N–H and O–H groups in total. The molecule has 36 heavy (non-hydrogen) atoms. The Kier molecular flexibility index (Phi) is 9.43. The van der Waals surface area contributed by atoms with E-state index in [2.05, 4.69) is 38.2 Å². The van der Waals surface area contributed by atoms with Crippen LogP contribution in [0.3, 0.4) is 0 Å². The lowest BCUT2D eigenvalue weighted by Gasteiger charge is -2.35. The number of aliphatic carboxylic acids is 1. The van der Waals surface area contributed by atoms with E-state index in [0.29, 0.717) is 30.6 Å². The van der Waals surface area contributed by atoms with Gasteiger partial charge in [-0.15, -0.1) is 0 Å². The maximum absolute atomic E-state index is 12.3. The number of carbonyl (C=O) groups is 1. The fourth-order valence-corrected chi connectivity index (χ4v) is 4.63. The number of benzene rings is 3. The smallest absolute Gasteiger partial charge is 0.310 e. The summed E-state index contributed by atoms with van der Waals surface area (Å²) in [5, 5.41) is 35.7. The van der Waals surface area contributed by atoms with Crippen LogP contribution >= 0.6 is 0 Å². The molecule has 0 aliphatic heterocycles. The molecule has 0 amide bonds. The lowest BCUT2D eigenvalue weighted by molar-refractivity contribution is -0.150. The summed E-state index contributed by atoms with van der Waals surface area (Å²) in [7, 11) is 0. The Labute approximate surface area is 214 Å². The summed E-state index contributed by atoms with van der Waals surface area (Å²) in [5.41, 5.74) is 1.69. The Hall–Kier alpha value is -2.99. The van der Waals surface area contributed by atoms with E-state index in [-0.39, 0.29) is 11.8 Å². The number of nitrogens with one attached hydrogen (secondary N) is 1. The van der Waals surface area contributed by atoms with Crippen molar-refractivity contribution >= 4 is 5.97 Å². The van der Waals surface area contributed by atoms with Crippen LogP contribution in [0.5, 0.6) is 0 Å². The number of rotatable bonds is 12. The molecule has 192 valence electrons. The highest BCUT2D eigenvalue weighted by Gasteiger charge is 2.44. The van der Waals surface area contributed by atoms with Crippen molar-refractivity contribution in [3.63, 3.8) is 0 Å². The number of carboxylic acid groups (broad SMARTS) is 1. The van der Waals surface area contributed by atoms with Gasteiger partial charge in [0.1, 0.15) is 5.60 Å². The van der Waals surface area contributed by atoms with Crippen molar-refractivity contribution in [3.8, 4) is 0 Å². The summed E-state index contributed by atoms with van der Waals surface area (Å²) < 4.78 is 0. The van der Waals surface area contributed by atoms with Crippen LogP contribution in [-0.2, 0) is 15.8 Å². The molecule has 0 spiro atoms. The van der Waals surface area contributed by atoms with Gasteiger partial charge in [0.15, 0.2) is 0 Å². The van der Waals surface area contributed by atoms with Crippen LogP contribution in [0.25, 0.3) is 0 Å². The minimum Gasteiger partial charge on any atom is -0.481 e. The second-order valence-electron chi connectivity index (χ2n) is 10.5. The number of aliphatic hydroxyl groups excluding tert-OH is 1. The number of hydrogen-bond acceptors (Lipinski definition) is 4. The Balaban J connectivity index is 1.56. The third-order valence-corrected chi connectivity index (χ3v) is 6.83. The summed E-state index contributed by atoms with van der Waals surface area (Å²) in [6.07, 6.45) is 1.09. The summed E-state index contributed by atoms with van der Waals surface area (Å²) in [4.78, 5) is 12.3. The van der Waals surface area contributed by atoms with E-state index < -0.39 is 23.6 Å². The predicted octanol–water partition coefficient (Wildman–Crippen LogP) is 5.41. The molecule has 0 aliphatic rings. The van der Waals surface area contributed by atoms with E-state index in [1.54, 1.807) is 24.3 Å². The van der Waals surface area contributed by atoms with Crippen LogP contribution < -0.4 is 5.32 Å². The lowest BCUT2D eigenvalue weighted by Crippen LogP contribution is -2.42. The minimum atomic E-state index is -1.65. The van der Waals surface area contributed by atoms with Crippen molar-refractivity contribution in [1.29, 1.82) is 0 Å². The predicted molar refractivity (Wildman–Crippen MR) is 144 cm³/mol. The molecule has 0 saturated carbocycles. The van der Waals surface area contributed by atoms with Crippen molar-refractivity contribution in [3.05, 3.63) is 107 Å². The van der Waals surface area contributed by atoms with E-state index in [0.717, 1.165) is 12.0 Å². The molecule has 0 radical (unpaired) electrons. The standard InChI is InChI=1S/C31H39NO4/c1-30(2,3)24-18-16-23(17-19-24)28(33)15-10-21-32-22-20-27(29(34)35)31(36,25-11-6-4-7-12-25)26-13-8-5-9-14-26/h4-9,11-14,16-19,27-28,32-33,36H,10,15,20-22H2,1-3H3,(H,34,35). The molecule has 3 aromatic carbocycles. The second-order valence-corrected chi connectivity index (χ2v) is 10.5. The van der Waals surface area contributed by atoms with Gasteiger partial charge in [-0.05, 0) is 60.0 Å². The zero-order valence-electron chi connectivity index (χ0n) is 21.5. The van der Waals surface area contributed by atoms with E-state index >= 15 is 0 Å². The Morgan fingerprint density at radius 1 is 0.778 bits per heavy atom.